The monoisotopic (exact) mass is 387 g/mol. The maximum absolute atomic E-state index is 13.0. The maximum Gasteiger partial charge on any atom is 0.276 e. The molecule has 1 aromatic heterocycles. The summed E-state index contributed by atoms with van der Waals surface area (Å²) < 4.78 is 0. The molecule has 3 aromatic rings. The van der Waals surface area contributed by atoms with Crippen LogP contribution < -0.4 is 4.90 Å². The third-order valence-corrected chi connectivity index (χ3v) is 4.70. The van der Waals surface area contributed by atoms with Crippen LogP contribution in [0.25, 0.3) is 0 Å². The molecular formula is C24H25N3O2. The lowest BCUT2D eigenvalue weighted by Crippen LogP contribution is -2.33. The van der Waals surface area contributed by atoms with E-state index in [4.69, 9.17) is 0 Å². The Morgan fingerprint density at radius 3 is 1.90 bits per heavy atom. The topological polar surface area (TPSA) is 53.5 Å². The smallest absolute Gasteiger partial charge is 0.276 e. The average molecular weight is 387 g/mol. The molecule has 5 heteroatoms. The van der Waals surface area contributed by atoms with Gasteiger partial charge >= 0.3 is 0 Å². The van der Waals surface area contributed by atoms with Crippen LogP contribution in [0.4, 0.5) is 5.69 Å². The Balaban J connectivity index is 1.82. The van der Waals surface area contributed by atoms with E-state index in [-0.39, 0.29) is 23.2 Å². The predicted molar refractivity (Wildman–Crippen MR) is 115 cm³/mol. The standard InChI is InChI=1S/C24H25N3O2/c1-3-26(18-19-12-7-5-8-13-19)23(28)21-16-11-17-22(25-21)24(29)27(4-2)20-14-9-6-10-15-20/h5-17H,3-4,18H2,1-2H3. The molecule has 0 fully saturated rings. The van der Waals surface area contributed by atoms with Crippen LogP contribution >= 0.6 is 0 Å². The lowest BCUT2D eigenvalue weighted by Gasteiger charge is -2.22. The van der Waals surface area contributed by atoms with Gasteiger partial charge in [0.25, 0.3) is 11.8 Å². The molecule has 0 aliphatic rings. The van der Waals surface area contributed by atoms with Crippen LogP contribution in [-0.4, -0.2) is 34.8 Å². The van der Waals surface area contributed by atoms with Crippen molar-refractivity contribution in [3.8, 4) is 0 Å². The fourth-order valence-electron chi connectivity index (χ4n) is 3.16. The number of amides is 2. The van der Waals surface area contributed by atoms with Gasteiger partial charge in [0, 0.05) is 25.3 Å². The molecule has 0 saturated heterocycles. The number of anilines is 1. The first-order chi connectivity index (χ1) is 14.1. The number of pyridine rings is 1. The molecule has 0 unspecified atom stereocenters. The summed E-state index contributed by atoms with van der Waals surface area (Å²) in [5.74, 6) is -0.409. The van der Waals surface area contributed by atoms with E-state index in [2.05, 4.69) is 4.98 Å². The first kappa shape index (κ1) is 20.3. The van der Waals surface area contributed by atoms with Crippen molar-refractivity contribution in [3.05, 3.63) is 95.8 Å². The van der Waals surface area contributed by atoms with Crippen LogP contribution in [0.15, 0.2) is 78.9 Å². The number of rotatable bonds is 7. The van der Waals surface area contributed by atoms with Crippen LogP contribution in [0.3, 0.4) is 0 Å². The Bertz CT molecular complexity index is 958. The molecule has 0 N–H and O–H groups in total. The molecule has 1 heterocycles. The fourth-order valence-corrected chi connectivity index (χ4v) is 3.16. The number of hydrogen-bond donors (Lipinski definition) is 0. The summed E-state index contributed by atoms with van der Waals surface area (Å²) in [5, 5.41) is 0. The fraction of sp³-hybridized carbons (Fsp3) is 0.208. The van der Waals surface area contributed by atoms with Crippen molar-refractivity contribution >= 4 is 17.5 Å². The van der Waals surface area contributed by atoms with E-state index in [0.29, 0.717) is 19.6 Å². The third kappa shape index (κ3) is 4.88. The first-order valence-electron chi connectivity index (χ1n) is 9.81. The van der Waals surface area contributed by atoms with Gasteiger partial charge in [-0.15, -0.1) is 0 Å². The van der Waals surface area contributed by atoms with E-state index in [1.54, 1.807) is 28.0 Å². The van der Waals surface area contributed by atoms with Gasteiger partial charge in [0.2, 0.25) is 0 Å². The maximum atomic E-state index is 13.0. The molecule has 2 amide bonds. The number of carbonyl (C=O) groups excluding carboxylic acids is 2. The molecule has 0 radical (unpaired) electrons. The highest BCUT2D eigenvalue weighted by Gasteiger charge is 2.21. The zero-order valence-electron chi connectivity index (χ0n) is 16.8. The van der Waals surface area contributed by atoms with Crippen molar-refractivity contribution < 1.29 is 9.59 Å². The number of benzene rings is 2. The van der Waals surface area contributed by atoms with Crippen LogP contribution in [-0.2, 0) is 6.54 Å². The quantitative estimate of drug-likeness (QED) is 0.603. The van der Waals surface area contributed by atoms with Crippen molar-refractivity contribution in [2.24, 2.45) is 0 Å². The second kappa shape index (κ2) is 9.64. The normalized spacial score (nSPS) is 10.4. The Morgan fingerprint density at radius 1 is 0.724 bits per heavy atom. The van der Waals surface area contributed by atoms with Crippen LogP contribution in [0, 0.1) is 0 Å². The van der Waals surface area contributed by atoms with E-state index in [1.807, 2.05) is 74.5 Å². The van der Waals surface area contributed by atoms with Crippen molar-refractivity contribution in [2.45, 2.75) is 20.4 Å². The Kier molecular flexibility index (Phi) is 6.74. The number of para-hydroxylation sites is 1. The highest BCUT2D eigenvalue weighted by molar-refractivity contribution is 6.05. The highest BCUT2D eigenvalue weighted by Crippen LogP contribution is 2.16. The largest absolute Gasteiger partial charge is 0.333 e. The Morgan fingerprint density at radius 2 is 1.31 bits per heavy atom. The summed E-state index contributed by atoms with van der Waals surface area (Å²) in [7, 11) is 0. The predicted octanol–water partition coefficient (Wildman–Crippen LogP) is 4.41. The van der Waals surface area contributed by atoms with Gasteiger partial charge in [-0.3, -0.25) is 9.59 Å². The van der Waals surface area contributed by atoms with Gasteiger partial charge < -0.3 is 9.80 Å². The van der Waals surface area contributed by atoms with E-state index >= 15 is 0 Å². The summed E-state index contributed by atoms with van der Waals surface area (Å²) in [6.45, 7) is 5.42. The summed E-state index contributed by atoms with van der Waals surface area (Å²) in [5.41, 5.74) is 2.39. The van der Waals surface area contributed by atoms with Gasteiger partial charge in [0.15, 0.2) is 0 Å². The van der Waals surface area contributed by atoms with Crippen LogP contribution in [0.1, 0.15) is 40.4 Å². The molecule has 29 heavy (non-hydrogen) atoms. The number of carbonyl (C=O) groups is 2. The second-order valence-electron chi connectivity index (χ2n) is 6.60. The number of hydrogen-bond acceptors (Lipinski definition) is 3. The Labute approximate surface area is 171 Å². The van der Waals surface area contributed by atoms with E-state index in [1.165, 1.54) is 0 Å². The van der Waals surface area contributed by atoms with E-state index < -0.39 is 0 Å². The molecule has 0 aliphatic carbocycles. The van der Waals surface area contributed by atoms with Crippen molar-refractivity contribution in [2.75, 3.05) is 18.0 Å². The first-order valence-corrected chi connectivity index (χ1v) is 9.81. The average Bonchev–Trinajstić information content (AvgIpc) is 2.79. The van der Waals surface area contributed by atoms with Gasteiger partial charge in [-0.2, -0.15) is 0 Å². The molecule has 0 bridgehead atoms. The van der Waals surface area contributed by atoms with E-state index in [9.17, 15) is 9.59 Å². The number of aromatic nitrogens is 1. The molecule has 5 nitrogen and oxygen atoms in total. The van der Waals surface area contributed by atoms with Crippen molar-refractivity contribution in [3.63, 3.8) is 0 Å². The summed E-state index contributed by atoms with van der Waals surface area (Å²) in [6.07, 6.45) is 0. The van der Waals surface area contributed by atoms with Gasteiger partial charge in [-0.25, -0.2) is 4.98 Å². The minimum absolute atomic E-state index is 0.186. The molecule has 0 spiro atoms. The zero-order chi connectivity index (χ0) is 20.6. The van der Waals surface area contributed by atoms with Crippen LogP contribution in [0.2, 0.25) is 0 Å². The SMILES string of the molecule is CCN(Cc1ccccc1)C(=O)c1cccc(C(=O)N(CC)c2ccccc2)n1. The summed E-state index contributed by atoms with van der Waals surface area (Å²) in [6, 6.07) is 24.3. The lowest BCUT2D eigenvalue weighted by molar-refractivity contribution is 0.0746. The highest BCUT2D eigenvalue weighted by atomic mass is 16.2. The van der Waals surface area contributed by atoms with Gasteiger partial charge in [0.1, 0.15) is 11.4 Å². The Hall–Kier alpha value is -3.47. The van der Waals surface area contributed by atoms with Crippen LogP contribution in [0.5, 0.6) is 0 Å². The lowest BCUT2D eigenvalue weighted by atomic mass is 10.2. The third-order valence-electron chi connectivity index (χ3n) is 4.70. The second-order valence-corrected chi connectivity index (χ2v) is 6.60. The summed E-state index contributed by atoms with van der Waals surface area (Å²) in [4.78, 5) is 33.8. The van der Waals surface area contributed by atoms with Crippen molar-refractivity contribution in [1.29, 1.82) is 0 Å². The van der Waals surface area contributed by atoms with E-state index in [0.717, 1.165) is 11.3 Å². The number of nitrogens with zero attached hydrogens (tertiary/aromatic N) is 3. The van der Waals surface area contributed by atoms with Gasteiger partial charge in [0.05, 0.1) is 0 Å². The molecular weight excluding hydrogens is 362 g/mol. The molecule has 148 valence electrons. The molecule has 2 aromatic carbocycles. The summed E-state index contributed by atoms with van der Waals surface area (Å²) >= 11 is 0. The minimum atomic E-state index is -0.223. The zero-order valence-corrected chi connectivity index (χ0v) is 16.8. The molecule has 0 atom stereocenters. The molecule has 3 rings (SSSR count). The van der Waals surface area contributed by atoms with Gasteiger partial charge in [-0.05, 0) is 43.7 Å². The molecule has 0 saturated carbocycles. The van der Waals surface area contributed by atoms with Crippen molar-refractivity contribution in [1.82, 2.24) is 9.88 Å². The minimum Gasteiger partial charge on any atom is -0.333 e. The molecule has 0 aliphatic heterocycles. The van der Waals surface area contributed by atoms with Gasteiger partial charge in [-0.1, -0.05) is 54.6 Å².